The molecule has 0 amide bonds. The lowest BCUT2D eigenvalue weighted by molar-refractivity contribution is 0.175. The van der Waals surface area contributed by atoms with E-state index in [0.29, 0.717) is 18.0 Å². The molecule has 0 bridgehead atoms. The summed E-state index contributed by atoms with van der Waals surface area (Å²) in [6, 6.07) is 4.97. The summed E-state index contributed by atoms with van der Waals surface area (Å²) in [7, 11) is 0. The number of nitrogens with two attached hydrogens (primary N) is 1. The number of imidazole rings is 1. The molecule has 2 fully saturated rings. The lowest BCUT2D eigenvalue weighted by Gasteiger charge is -2.33. The topological polar surface area (TPSA) is 60.0 Å². The molecule has 2 N–H and O–H groups in total. The molecule has 5 nitrogen and oxygen atoms in total. The van der Waals surface area contributed by atoms with Gasteiger partial charge in [0.1, 0.15) is 5.52 Å². The number of anilines is 1. The lowest BCUT2D eigenvalue weighted by atomic mass is 9.99. The van der Waals surface area contributed by atoms with Crippen LogP contribution in [-0.2, 0) is 0 Å². The first-order chi connectivity index (χ1) is 9.34. The first kappa shape index (κ1) is 11.2. The van der Waals surface area contributed by atoms with Crippen molar-refractivity contribution in [3.8, 4) is 0 Å². The summed E-state index contributed by atoms with van der Waals surface area (Å²) in [5.41, 5.74) is 8.00. The first-order valence-corrected chi connectivity index (χ1v) is 7.17. The Bertz CT molecular complexity index is 605. The summed E-state index contributed by atoms with van der Waals surface area (Å²) in [6.07, 6.45) is 6.93. The first-order valence-electron chi connectivity index (χ1n) is 7.17. The Kier molecular flexibility index (Phi) is 2.48. The van der Waals surface area contributed by atoms with Gasteiger partial charge in [0.05, 0.1) is 6.04 Å². The molecule has 0 aliphatic carbocycles. The van der Waals surface area contributed by atoms with E-state index in [-0.39, 0.29) is 0 Å². The van der Waals surface area contributed by atoms with Crippen LogP contribution in [0.3, 0.4) is 0 Å². The Morgan fingerprint density at radius 1 is 1.16 bits per heavy atom. The Morgan fingerprint density at radius 3 is 3.05 bits per heavy atom. The van der Waals surface area contributed by atoms with E-state index >= 15 is 0 Å². The Balaban J connectivity index is 1.80. The molecule has 0 saturated carbocycles. The second-order valence-electron chi connectivity index (χ2n) is 5.64. The van der Waals surface area contributed by atoms with E-state index in [2.05, 4.69) is 19.4 Å². The number of pyridine rings is 1. The van der Waals surface area contributed by atoms with Gasteiger partial charge in [0.15, 0.2) is 5.65 Å². The van der Waals surface area contributed by atoms with Gasteiger partial charge in [-0.3, -0.25) is 9.47 Å². The number of nitrogens with zero attached hydrogens (tertiary/aromatic N) is 4. The summed E-state index contributed by atoms with van der Waals surface area (Å²) < 4.78 is 2.17. The predicted molar refractivity (Wildman–Crippen MR) is 74.8 cm³/mol. The number of hydrogen-bond acceptors (Lipinski definition) is 4. The van der Waals surface area contributed by atoms with E-state index in [1.54, 1.807) is 0 Å². The van der Waals surface area contributed by atoms with E-state index < -0.39 is 0 Å². The zero-order chi connectivity index (χ0) is 12.8. The highest BCUT2D eigenvalue weighted by Gasteiger charge is 2.38. The van der Waals surface area contributed by atoms with Gasteiger partial charge in [-0.25, -0.2) is 9.97 Å². The molecule has 19 heavy (non-hydrogen) atoms. The lowest BCUT2D eigenvalue weighted by Crippen LogP contribution is -2.37. The van der Waals surface area contributed by atoms with Gasteiger partial charge in [0, 0.05) is 18.8 Å². The Hall–Kier alpha value is -1.62. The molecule has 0 radical (unpaired) electrons. The van der Waals surface area contributed by atoms with E-state index in [9.17, 15) is 0 Å². The van der Waals surface area contributed by atoms with E-state index in [0.717, 1.165) is 17.6 Å². The fourth-order valence-electron chi connectivity index (χ4n) is 3.80. The standard InChI is InChI=1S/C14H19N5/c15-14-17-10-4-3-7-16-13(10)19(14)12-6-9-18-8-2-1-5-11(12)18/h3-4,7,11-12H,1-2,5-6,8-9H2,(H2,15,17). The average Bonchev–Trinajstić information content (AvgIpc) is 2.98. The zero-order valence-corrected chi connectivity index (χ0v) is 11.0. The number of hydrogen-bond donors (Lipinski definition) is 1. The highest BCUT2D eigenvalue weighted by Crippen LogP contribution is 2.37. The van der Waals surface area contributed by atoms with Crippen molar-refractivity contribution >= 4 is 17.1 Å². The molecule has 0 spiro atoms. The summed E-state index contributed by atoms with van der Waals surface area (Å²) in [6.45, 7) is 2.42. The molecule has 2 aliphatic rings. The molecule has 2 saturated heterocycles. The number of fused-ring (bicyclic) bond motifs is 2. The molecule has 5 heteroatoms. The summed E-state index contributed by atoms with van der Waals surface area (Å²) in [5.74, 6) is 0.617. The molecule has 2 atom stereocenters. The molecule has 4 heterocycles. The van der Waals surface area contributed by atoms with Gasteiger partial charge < -0.3 is 5.73 Å². The van der Waals surface area contributed by atoms with Crippen LogP contribution in [0.2, 0.25) is 0 Å². The number of piperidine rings is 1. The largest absolute Gasteiger partial charge is 0.369 e. The van der Waals surface area contributed by atoms with Crippen molar-refractivity contribution in [2.45, 2.75) is 37.8 Å². The third-order valence-electron chi connectivity index (χ3n) is 4.63. The van der Waals surface area contributed by atoms with Crippen molar-refractivity contribution in [1.82, 2.24) is 19.4 Å². The highest BCUT2D eigenvalue weighted by molar-refractivity contribution is 5.74. The van der Waals surface area contributed by atoms with Crippen LogP contribution in [0, 0.1) is 0 Å². The van der Waals surface area contributed by atoms with Crippen LogP contribution in [0.15, 0.2) is 18.3 Å². The molecule has 0 aromatic carbocycles. The predicted octanol–water partition coefficient (Wildman–Crippen LogP) is 1.81. The van der Waals surface area contributed by atoms with Crippen LogP contribution in [0.25, 0.3) is 11.2 Å². The normalized spacial score (nSPS) is 27.8. The number of aromatic nitrogens is 3. The van der Waals surface area contributed by atoms with Crippen LogP contribution < -0.4 is 5.73 Å². The minimum atomic E-state index is 0.445. The third-order valence-corrected chi connectivity index (χ3v) is 4.63. The fraction of sp³-hybridized carbons (Fsp3) is 0.571. The van der Waals surface area contributed by atoms with Gasteiger partial charge in [-0.2, -0.15) is 0 Å². The molecule has 2 aromatic rings. The molecular weight excluding hydrogens is 238 g/mol. The summed E-state index contributed by atoms with van der Waals surface area (Å²) in [5, 5.41) is 0. The van der Waals surface area contributed by atoms with Crippen LogP contribution in [-0.4, -0.2) is 38.6 Å². The number of nitrogen functional groups attached to an aromatic ring is 1. The van der Waals surface area contributed by atoms with E-state index in [4.69, 9.17) is 5.73 Å². The maximum absolute atomic E-state index is 6.15. The molecular formula is C14H19N5. The minimum absolute atomic E-state index is 0.445. The van der Waals surface area contributed by atoms with Crippen LogP contribution >= 0.6 is 0 Å². The average molecular weight is 257 g/mol. The monoisotopic (exact) mass is 257 g/mol. The maximum Gasteiger partial charge on any atom is 0.202 e. The third kappa shape index (κ3) is 1.64. The van der Waals surface area contributed by atoms with Crippen LogP contribution in [0.4, 0.5) is 5.95 Å². The highest BCUT2D eigenvalue weighted by atomic mass is 15.3. The van der Waals surface area contributed by atoms with Gasteiger partial charge in [0.2, 0.25) is 5.95 Å². The fourth-order valence-corrected chi connectivity index (χ4v) is 3.80. The minimum Gasteiger partial charge on any atom is -0.369 e. The molecule has 4 rings (SSSR count). The SMILES string of the molecule is Nc1nc2cccnc2n1C1CCN2CCCCC12. The van der Waals surface area contributed by atoms with Crippen molar-refractivity contribution in [3.63, 3.8) is 0 Å². The van der Waals surface area contributed by atoms with Crippen LogP contribution in [0.5, 0.6) is 0 Å². The molecule has 2 unspecified atom stereocenters. The van der Waals surface area contributed by atoms with Crippen LogP contribution in [0.1, 0.15) is 31.7 Å². The van der Waals surface area contributed by atoms with Crippen molar-refractivity contribution < 1.29 is 0 Å². The second kappa shape index (κ2) is 4.20. The maximum atomic E-state index is 6.15. The Labute approximate surface area is 112 Å². The van der Waals surface area contributed by atoms with Gasteiger partial charge in [-0.05, 0) is 37.9 Å². The summed E-state index contributed by atoms with van der Waals surface area (Å²) in [4.78, 5) is 11.6. The molecule has 2 aliphatic heterocycles. The van der Waals surface area contributed by atoms with Crippen molar-refractivity contribution in [2.24, 2.45) is 0 Å². The van der Waals surface area contributed by atoms with E-state index in [1.807, 2.05) is 18.3 Å². The van der Waals surface area contributed by atoms with Gasteiger partial charge >= 0.3 is 0 Å². The zero-order valence-electron chi connectivity index (χ0n) is 11.0. The van der Waals surface area contributed by atoms with Crippen molar-refractivity contribution in [2.75, 3.05) is 18.8 Å². The summed E-state index contributed by atoms with van der Waals surface area (Å²) >= 11 is 0. The Morgan fingerprint density at radius 2 is 2.11 bits per heavy atom. The van der Waals surface area contributed by atoms with Gasteiger partial charge in [-0.15, -0.1) is 0 Å². The van der Waals surface area contributed by atoms with E-state index in [1.165, 1.54) is 32.4 Å². The van der Waals surface area contributed by atoms with Gasteiger partial charge in [0.25, 0.3) is 0 Å². The quantitative estimate of drug-likeness (QED) is 0.846. The molecule has 100 valence electrons. The second-order valence-corrected chi connectivity index (χ2v) is 5.64. The van der Waals surface area contributed by atoms with Crippen molar-refractivity contribution in [3.05, 3.63) is 18.3 Å². The molecule has 2 aromatic heterocycles. The smallest absolute Gasteiger partial charge is 0.202 e. The van der Waals surface area contributed by atoms with Gasteiger partial charge in [-0.1, -0.05) is 6.42 Å². The van der Waals surface area contributed by atoms with Crippen molar-refractivity contribution in [1.29, 1.82) is 0 Å². The number of rotatable bonds is 1.